The Morgan fingerprint density at radius 2 is 2.12 bits per heavy atom. The van der Waals surface area contributed by atoms with Crippen molar-refractivity contribution in [1.82, 2.24) is 9.88 Å². The third-order valence-electron chi connectivity index (χ3n) is 2.92. The lowest BCUT2D eigenvalue weighted by molar-refractivity contribution is 0.0937. The highest BCUT2D eigenvalue weighted by molar-refractivity contribution is 7.99. The van der Waals surface area contributed by atoms with Crippen molar-refractivity contribution in [3.05, 3.63) is 23.0 Å². The van der Waals surface area contributed by atoms with Gasteiger partial charge in [0, 0.05) is 41.5 Å². The number of Topliss-reactive ketones (excluding diaryl/α,β-unsaturated/α-hetero) is 1. The van der Waals surface area contributed by atoms with Crippen LogP contribution in [0.4, 0.5) is 0 Å². The molecular formula is C12H18N2OS. The molecule has 1 aromatic heterocycles. The van der Waals surface area contributed by atoms with Crippen LogP contribution in [0, 0.1) is 13.8 Å². The molecule has 0 unspecified atom stereocenters. The standard InChI is InChI=1S/C12H18N2OS/c1-9-7-11(10(2)13-9)12(15)8-14-3-5-16-6-4-14/h7,13H,3-6,8H2,1-2H3. The first kappa shape index (κ1) is 11.7. The van der Waals surface area contributed by atoms with Crippen LogP contribution < -0.4 is 0 Å². The molecule has 3 nitrogen and oxygen atoms in total. The minimum atomic E-state index is 0.244. The third-order valence-corrected chi connectivity index (χ3v) is 3.86. The number of nitrogens with zero attached hydrogens (tertiary/aromatic N) is 1. The number of aryl methyl sites for hydroxylation is 2. The van der Waals surface area contributed by atoms with E-state index >= 15 is 0 Å². The van der Waals surface area contributed by atoms with Crippen LogP contribution in [0.3, 0.4) is 0 Å². The second-order valence-corrected chi connectivity index (χ2v) is 5.53. The number of H-pyrrole nitrogens is 1. The van der Waals surface area contributed by atoms with Crippen LogP contribution in [0.1, 0.15) is 21.7 Å². The molecule has 0 amide bonds. The maximum Gasteiger partial charge on any atom is 0.178 e. The Kier molecular flexibility index (Phi) is 3.71. The van der Waals surface area contributed by atoms with Gasteiger partial charge in [-0.2, -0.15) is 11.8 Å². The van der Waals surface area contributed by atoms with E-state index in [4.69, 9.17) is 0 Å². The molecular weight excluding hydrogens is 220 g/mol. The molecule has 2 heterocycles. The molecule has 16 heavy (non-hydrogen) atoms. The molecule has 2 rings (SSSR count). The molecule has 0 aromatic carbocycles. The Hall–Kier alpha value is -0.740. The number of hydrogen-bond acceptors (Lipinski definition) is 3. The Morgan fingerprint density at radius 3 is 2.69 bits per heavy atom. The number of carbonyl (C=O) groups is 1. The summed E-state index contributed by atoms with van der Waals surface area (Å²) >= 11 is 1.97. The van der Waals surface area contributed by atoms with Gasteiger partial charge in [-0.25, -0.2) is 0 Å². The van der Waals surface area contributed by atoms with Gasteiger partial charge in [0.2, 0.25) is 0 Å². The zero-order valence-corrected chi connectivity index (χ0v) is 10.7. The van der Waals surface area contributed by atoms with E-state index in [1.807, 2.05) is 31.7 Å². The van der Waals surface area contributed by atoms with Gasteiger partial charge in [-0.05, 0) is 19.9 Å². The summed E-state index contributed by atoms with van der Waals surface area (Å²) in [5.74, 6) is 2.55. The lowest BCUT2D eigenvalue weighted by Crippen LogP contribution is -2.36. The van der Waals surface area contributed by atoms with Gasteiger partial charge in [-0.1, -0.05) is 0 Å². The number of aromatic nitrogens is 1. The number of nitrogens with one attached hydrogen (secondary N) is 1. The van der Waals surface area contributed by atoms with Gasteiger partial charge >= 0.3 is 0 Å². The highest BCUT2D eigenvalue weighted by Gasteiger charge is 2.17. The fourth-order valence-electron chi connectivity index (χ4n) is 2.06. The number of aromatic amines is 1. The van der Waals surface area contributed by atoms with E-state index in [1.54, 1.807) is 0 Å². The van der Waals surface area contributed by atoms with Crippen molar-refractivity contribution in [3.8, 4) is 0 Å². The highest BCUT2D eigenvalue weighted by atomic mass is 32.2. The van der Waals surface area contributed by atoms with Crippen LogP contribution in [-0.4, -0.2) is 46.8 Å². The van der Waals surface area contributed by atoms with E-state index in [0.717, 1.165) is 41.5 Å². The molecule has 1 saturated heterocycles. The number of ketones is 1. The minimum Gasteiger partial charge on any atom is -0.362 e. The molecule has 1 N–H and O–H groups in total. The first-order valence-corrected chi connectivity index (χ1v) is 6.82. The van der Waals surface area contributed by atoms with E-state index in [-0.39, 0.29) is 5.78 Å². The molecule has 0 aliphatic carbocycles. The van der Waals surface area contributed by atoms with Crippen LogP contribution >= 0.6 is 11.8 Å². The molecule has 4 heteroatoms. The highest BCUT2D eigenvalue weighted by Crippen LogP contribution is 2.13. The summed E-state index contributed by atoms with van der Waals surface area (Å²) in [7, 11) is 0. The lowest BCUT2D eigenvalue weighted by Gasteiger charge is -2.25. The average molecular weight is 238 g/mol. The second kappa shape index (κ2) is 5.06. The quantitative estimate of drug-likeness (QED) is 0.817. The van der Waals surface area contributed by atoms with Gasteiger partial charge in [-0.3, -0.25) is 9.69 Å². The summed E-state index contributed by atoms with van der Waals surface area (Å²) in [5.41, 5.74) is 2.92. The van der Waals surface area contributed by atoms with Gasteiger partial charge in [0.25, 0.3) is 0 Å². The number of thioether (sulfide) groups is 1. The van der Waals surface area contributed by atoms with Crippen molar-refractivity contribution in [2.24, 2.45) is 0 Å². The first-order chi connectivity index (χ1) is 7.66. The molecule has 1 fully saturated rings. The number of carbonyl (C=O) groups excluding carboxylic acids is 1. The zero-order valence-electron chi connectivity index (χ0n) is 9.88. The monoisotopic (exact) mass is 238 g/mol. The van der Waals surface area contributed by atoms with E-state index in [9.17, 15) is 4.79 Å². The number of hydrogen-bond donors (Lipinski definition) is 1. The zero-order chi connectivity index (χ0) is 11.5. The predicted molar refractivity (Wildman–Crippen MR) is 68.4 cm³/mol. The van der Waals surface area contributed by atoms with Crippen LogP contribution in [0.15, 0.2) is 6.07 Å². The van der Waals surface area contributed by atoms with Crippen molar-refractivity contribution in [3.63, 3.8) is 0 Å². The van der Waals surface area contributed by atoms with Crippen molar-refractivity contribution in [2.45, 2.75) is 13.8 Å². The molecule has 0 spiro atoms. The normalized spacial score (nSPS) is 17.6. The van der Waals surface area contributed by atoms with E-state index in [0.29, 0.717) is 6.54 Å². The van der Waals surface area contributed by atoms with Crippen molar-refractivity contribution < 1.29 is 4.79 Å². The summed E-state index contributed by atoms with van der Waals surface area (Å²) in [6, 6.07) is 1.95. The van der Waals surface area contributed by atoms with Crippen molar-refractivity contribution in [1.29, 1.82) is 0 Å². The summed E-state index contributed by atoms with van der Waals surface area (Å²) in [6.07, 6.45) is 0. The summed E-state index contributed by atoms with van der Waals surface area (Å²) in [6.45, 7) is 6.60. The molecule has 0 bridgehead atoms. The minimum absolute atomic E-state index is 0.244. The summed E-state index contributed by atoms with van der Waals surface area (Å²) in [5, 5.41) is 0. The van der Waals surface area contributed by atoms with Gasteiger partial charge in [-0.15, -0.1) is 0 Å². The smallest absolute Gasteiger partial charge is 0.178 e. The predicted octanol–water partition coefficient (Wildman–Crippen LogP) is 1.86. The fourth-order valence-corrected chi connectivity index (χ4v) is 3.04. The Labute approximate surface area is 101 Å². The molecule has 88 valence electrons. The van der Waals surface area contributed by atoms with Crippen molar-refractivity contribution >= 4 is 17.5 Å². The van der Waals surface area contributed by atoms with E-state index in [1.165, 1.54) is 0 Å². The SMILES string of the molecule is Cc1cc(C(=O)CN2CCSCC2)c(C)[nH]1. The molecule has 0 atom stereocenters. The van der Waals surface area contributed by atoms with Gasteiger partial charge in [0.1, 0.15) is 0 Å². The van der Waals surface area contributed by atoms with Crippen LogP contribution in [0.2, 0.25) is 0 Å². The molecule has 0 radical (unpaired) electrons. The molecule has 1 aromatic rings. The molecule has 1 aliphatic rings. The van der Waals surface area contributed by atoms with Crippen molar-refractivity contribution in [2.75, 3.05) is 31.1 Å². The van der Waals surface area contributed by atoms with Crippen LogP contribution in [0.5, 0.6) is 0 Å². The van der Waals surface area contributed by atoms with Gasteiger partial charge in [0.15, 0.2) is 5.78 Å². The maximum atomic E-state index is 12.1. The second-order valence-electron chi connectivity index (χ2n) is 4.30. The van der Waals surface area contributed by atoms with E-state index in [2.05, 4.69) is 9.88 Å². The molecule has 1 aliphatic heterocycles. The van der Waals surface area contributed by atoms with Crippen LogP contribution in [-0.2, 0) is 0 Å². The topological polar surface area (TPSA) is 36.1 Å². The number of rotatable bonds is 3. The van der Waals surface area contributed by atoms with E-state index < -0.39 is 0 Å². The summed E-state index contributed by atoms with van der Waals surface area (Å²) < 4.78 is 0. The Balaban J connectivity index is 1.99. The van der Waals surface area contributed by atoms with Gasteiger partial charge in [0.05, 0.1) is 6.54 Å². The fraction of sp³-hybridized carbons (Fsp3) is 0.583. The van der Waals surface area contributed by atoms with Gasteiger partial charge < -0.3 is 4.98 Å². The van der Waals surface area contributed by atoms with Crippen LogP contribution in [0.25, 0.3) is 0 Å². The maximum absolute atomic E-state index is 12.1. The largest absolute Gasteiger partial charge is 0.362 e. The third kappa shape index (κ3) is 2.68. The summed E-state index contributed by atoms with van der Waals surface area (Å²) in [4.78, 5) is 17.5. The lowest BCUT2D eigenvalue weighted by atomic mass is 10.1. The Bertz CT molecular complexity index is 380. The average Bonchev–Trinajstić information content (AvgIpc) is 2.59. The Morgan fingerprint density at radius 1 is 1.44 bits per heavy atom. The first-order valence-electron chi connectivity index (χ1n) is 5.66. The molecule has 0 saturated carbocycles.